The lowest BCUT2D eigenvalue weighted by atomic mass is 9.79. The van der Waals surface area contributed by atoms with E-state index in [9.17, 15) is 0 Å². The fourth-order valence-corrected chi connectivity index (χ4v) is 3.93. The topological polar surface area (TPSA) is 12.0 Å². The molecule has 1 unspecified atom stereocenters. The van der Waals surface area contributed by atoms with Crippen LogP contribution < -0.4 is 5.32 Å². The first-order valence-electron chi connectivity index (χ1n) is 5.40. The molecule has 1 aromatic heterocycles. The van der Waals surface area contributed by atoms with Crippen LogP contribution in [0, 0.1) is 5.92 Å². The second-order valence-corrected chi connectivity index (χ2v) is 6.81. The van der Waals surface area contributed by atoms with E-state index in [1.165, 1.54) is 24.1 Å². The average Bonchev–Trinajstić information content (AvgIpc) is 2.43. The van der Waals surface area contributed by atoms with Gasteiger partial charge in [0.15, 0.2) is 0 Å². The Morgan fingerprint density at radius 3 is 2.80 bits per heavy atom. The summed E-state index contributed by atoms with van der Waals surface area (Å²) in [4.78, 5) is 1.37. The molecule has 1 heterocycles. The van der Waals surface area contributed by atoms with Gasteiger partial charge in [-0.25, -0.2) is 0 Å². The summed E-state index contributed by atoms with van der Waals surface area (Å²) >= 11 is 11.3. The Labute approximate surface area is 108 Å². The van der Waals surface area contributed by atoms with Gasteiger partial charge in [0, 0.05) is 10.9 Å². The smallest absolute Gasteiger partial charge is 0.0887 e. The van der Waals surface area contributed by atoms with Crippen LogP contribution in [0.5, 0.6) is 0 Å². The third-order valence-electron chi connectivity index (χ3n) is 3.02. The average molecular weight is 309 g/mol. The predicted molar refractivity (Wildman–Crippen MR) is 70.8 cm³/mol. The first-order valence-corrected chi connectivity index (χ1v) is 7.39. The van der Waals surface area contributed by atoms with Gasteiger partial charge in [-0.1, -0.05) is 24.9 Å². The number of thiophene rings is 1. The zero-order valence-corrected chi connectivity index (χ0v) is 11.9. The lowest BCUT2D eigenvalue weighted by molar-refractivity contribution is 0.236. The van der Waals surface area contributed by atoms with Crippen LogP contribution in [0.15, 0.2) is 9.85 Å². The van der Waals surface area contributed by atoms with Crippen molar-refractivity contribution in [3.8, 4) is 0 Å². The van der Waals surface area contributed by atoms with Gasteiger partial charge in [-0.3, -0.25) is 0 Å². The molecule has 1 saturated carbocycles. The maximum Gasteiger partial charge on any atom is 0.0887 e. The van der Waals surface area contributed by atoms with E-state index in [0.29, 0.717) is 6.04 Å². The summed E-state index contributed by atoms with van der Waals surface area (Å²) in [6.07, 6.45) is 4.09. The Morgan fingerprint density at radius 2 is 2.40 bits per heavy atom. The van der Waals surface area contributed by atoms with Crippen LogP contribution >= 0.6 is 38.9 Å². The standard InChI is InChI=1S/C11H15BrClNS/c1-2-14-10(7-4-3-5-7)9-6-8(13)11(12)15-9/h6-7,10,14H,2-5H2,1H3. The number of halogens is 2. The fraction of sp³-hybridized carbons (Fsp3) is 0.636. The van der Waals surface area contributed by atoms with Crippen LogP contribution in [-0.2, 0) is 0 Å². The van der Waals surface area contributed by atoms with Crippen LogP contribution in [0.4, 0.5) is 0 Å². The lowest BCUT2D eigenvalue weighted by Crippen LogP contribution is -2.31. The van der Waals surface area contributed by atoms with Crippen LogP contribution in [0.3, 0.4) is 0 Å². The van der Waals surface area contributed by atoms with Gasteiger partial charge < -0.3 is 5.32 Å². The van der Waals surface area contributed by atoms with Gasteiger partial charge in [0.1, 0.15) is 0 Å². The Kier molecular flexibility index (Phi) is 4.10. The van der Waals surface area contributed by atoms with Crippen molar-refractivity contribution in [1.29, 1.82) is 0 Å². The third kappa shape index (κ3) is 2.57. The molecule has 4 heteroatoms. The monoisotopic (exact) mass is 307 g/mol. The Morgan fingerprint density at radius 1 is 1.67 bits per heavy atom. The van der Waals surface area contributed by atoms with Crippen molar-refractivity contribution in [3.05, 3.63) is 19.8 Å². The maximum absolute atomic E-state index is 6.08. The third-order valence-corrected chi connectivity index (χ3v) is 5.57. The summed E-state index contributed by atoms with van der Waals surface area (Å²) in [6, 6.07) is 2.61. The van der Waals surface area contributed by atoms with E-state index in [1.54, 1.807) is 11.3 Å². The van der Waals surface area contributed by atoms with Gasteiger partial charge in [0.2, 0.25) is 0 Å². The van der Waals surface area contributed by atoms with Gasteiger partial charge in [0.25, 0.3) is 0 Å². The summed E-state index contributed by atoms with van der Waals surface area (Å²) in [5.41, 5.74) is 0. The highest BCUT2D eigenvalue weighted by molar-refractivity contribution is 9.11. The molecule has 0 bridgehead atoms. The van der Waals surface area contributed by atoms with Crippen molar-refractivity contribution in [2.24, 2.45) is 5.92 Å². The minimum Gasteiger partial charge on any atom is -0.309 e. The molecule has 1 nitrogen and oxygen atoms in total. The second kappa shape index (κ2) is 5.17. The first-order chi connectivity index (χ1) is 7.22. The van der Waals surface area contributed by atoms with Crippen molar-refractivity contribution in [2.75, 3.05) is 6.54 Å². The number of rotatable bonds is 4. The molecule has 1 aliphatic rings. The van der Waals surface area contributed by atoms with Crippen molar-refractivity contribution in [2.45, 2.75) is 32.2 Å². The maximum atomic E-state index is 6.08. The van der Waals surface area contributed by atoms with Crippen LogP contribution in [0.1, 0.15) is 37.1 Å². The fourth-order valence-electron chi connectivity index (χ4n) is 2.01. The molecule has 1 N–H and O–H groups in total. The van der Waals surface area contributed by atoms with Crippen molar-refractivity contribution < 1.29 is 0 Å². The molecule has 1 atom stereocenters. The molecular formula is C11H15BrClNS. The molecule has 0 aromatic carbocycles. The molecule has 0 aliphatic heterocycles. The largest absolute Gasteiger partial charge is 0.309 e. The summed E-state index contributed by atoms with van der Waals surface area (Å²) in [7, 11) is 0. The van der Waals surface area contributed by atoms with E-state index in [2.05, 4.69) is 34.2 Å². The highest BCUT2D eigenvalue weighted by Crippen LogP contribution is 2.43. The Bertz CT molecular complexity index is 316. The Balaban J connectivity index is 2.15. The number of hydrogen-bond acceptors (Lipinski definition) is 2. The number of nitrogens with one attached hydrogen (secondary N) is 1. The molecule has 1 aromatic rings. The molecule has 0 saturated heterocycles. The summed E-state index contributed by atoms with van der Waals surface area (Å²) in [5.74, 6) is 0.812. The van der Waals surface area contributed by atoms with Gasteiger partial charge in [-0.15, -0.1) is 11.3 Å². The molecule has 15 heavy (non-hydrogen) atoms. The van der Waals surface area contributed by atoms with E-state index in [4.69, 9.17) is 11.6 Å². The zero-order chi connectivity index (χ0) is 10.8. The van der Waals surface area contributed by atoms with E-state index in [0.717, 1.165) is 21.3 Å². The quantitative estimate of drug-likeness (QED) is 0.856. The summed E-state index contributed by atoms with van der Waals surface area (Å²) in [6.45, 7) is 3.18. The molecule has 2 rings (SSSR count). The number of hydrogen-bond donors (Lipinski definition) is 1. The van der Waals surface area contributed by atoms with E-state index in [-0.39, 0.29) is 0 Å². The minimum absolute atomic E-state index is 0.512. The molecule has 84 valence electrons. The highest BCUT2D eigenvalue weighted by atomic mass is 79.9. The van der Waals surface area contributed by atoms with Crippen LogP contribution in [0.25, 0.3) is 0 Å². The first kappa shape index (κ1) is 11.9. The second-order valence-electron chi connectivity index (χ2n) is 4.00. The molecular weight excluding hydrogens is 294 g/mol. The van der Waals surface area contributed by atoms with Crippen molar-refractivity contribution in [1.82, 2.24) is 5.32 Å². The van der Waals surface area contributed by atoms with Gasteiger partial charge >= 0.3 is 0 Å². The van der Waals surface area contributed by atoms with E-state index < -0.39 is 0 Å². The lowest BCUT2D eigenvalue weighted by Gasteiger charge is -2.33. The van der Waals surface area contributed by atoms with Gasteiger partial charge in [-0.2, -0.15) is 0 Å². The molecule has 0 radical (unpaired) electrons. The van der Waals surface area contributed by atoms with Gasteiger partial charge in [0.05, 0.1) is 8.81 Å². The normalized spacial score (nSPS) is 18.9. The minimum atomic E-state index is 0.512. The Hall–Kier alpha value is 0.430. The van der Waals surface area contributed by atoms with E-state index in [1.807, 2.05) is 0 Å². The van der Waals surface area contributed by atoms with Crippen molar-refractivity contribution in [3.63, 3.8) is 0 Å². The summed E-state index contributed by atoms with van der Waals surface area (Å²) in [5, 5.41) is 4.42. The van der Waals surface area contributed by atoms with Crippen molar-refractivity contribution >= 4 is 38.9 Å². The molecule has 0 spiro atoms. The van der Waals surface area contributed by atoms with Crippen LogP contribution in [0.2, 0.25) is 5.02 Å². The SMILES string of the molecule is CCNC(c1cc(Cl)c(Br)s1)C1CCC1. The van der Waals surface area contributed by atoms with Gasteiger partial charge in [-0.05, 0) is 47.3 Å². The molecule has 0 amide bonds. The molecule has 1 aliphatic carbocycles. The summed E-state index contributed by atoms with van der Waals surface area (Å²) < 4.78 is 1.06. The van der Waals surface area contributed by atoms with E-state index >= 15 is 0 Å². The van der Waals surface area contributed by atoms with Crippen LogP contribution in [-0.4, -0.2) is 6.54 Å². The molecule has 1 fully saturated rings. The highest BCUT2D eigenvalue weighted by Gasteiger charge is 2.29. The zero-order valence-electron chi connectivity index (χ0n) is 8.72. The predicted octanol–water partition coefficient (Wildman–Crippen LogP) is 4.61.